The van der Waals surface area contributed by atoms with Gasteiger partial charge in [-0.2, -0.15) is 0 Å². The van der Waals surface area contributed by atoms with Gasteiger partial charge in [-0.1, -0.05) is 0 Å². The van der Waals surface area contributed by atoms with Crippen molar-refractivity contribution in [1.29, 1.82) is 0 Å². The molecule has 5 fully saturated rings. The maximum atomic E-state index is 12.3. The van der Waals surface area contributed by atoms with Gasteiger partial charge in [0.2, 0.25) is 6.10 Å². The van der Waals surface area contributed by atoms with E-state index in [0.29, 0.717) is 13.0 Å². The Labute approximate surface area is 147 Å². The summed E-state index contributed by atoms with van der Waals surface area (Å²) in [5.74, 6) is 1.34. The highest BCUT2D eigenvalue weighted by atomic mass is 16.6. The number of carbonyl (C=O) groups is 3. The number of esters is 2. The largest absolute Gasteiger partial charge is 0.463 e. The molecular formula is C18H26N2O5. The fraction of sp³-hybridized carbons (Fsp3) is 0.833. The average molecular weight is 350 g/mol. The molecule has 138 valence electrons. The van der Waals surface area contributed by atoms with Crippen LogP contribution >= 0.6 is 0 Å². The van der Waals surface area contributed by atoms with Crippen molar-refractivity contribution in [3.63, 3.8) is 0 Å². The van der Waals surface area contributed by atoms with E-state index >= 15 is 0 Å². The van der Waals surface area contributed by atoms with Gasteiger partial charge in [0, 0.05) is 18.5 Å². The first kappa shape index (κ1) is 16.7. The Morgan fingerprint density at radius 2 is 1.76 bits per heavy atom. The number of cyclic esters (lactones) is 1. The normalized spacial score (nSPS) is 38.3. The van der Waals surface area contributed by atoms with Crippen LogP contribution in [0.1, 0.15) is 51.4 Å². The standard InChI is InChI=1S/C18H26N2O5/c21-15(25-14-2-4-24-16(14)22)1-3-19-17(23)20-18-8-11-5-12(9-18)7-13(6-11)10-18/h11-14H,1-10H2,(H2,19,20,23). The van der Waals surface area contributed by atoms with Crippen LogP contribution in [0.5, 0.6) is 0 Å². The molecule has 0 radical (unpaired) electrons. The van der Waals surface area contributed by atoms with Crippen LogP contribution in [0.4, 0.5) is 4.79 Å². The molecule has 4 bridgehead atoms. The molecule has 0 aromatic carbocycles. The van der Waals surface area contributed by atoms with E-state index < -0.39 is 18.0 Å². The average Bonchev–Trinajstić information content (AvgIpc) is 2.90. The van der Waals surface area contributed by atoms with E-state index in [1.165, 1.54) is 19.3 Å². The highest BCUT2D eigenvalue weighted by Gasteiger charge is 2.51. The quantitative estimate of drug-likeness (QED) is 0.733. The number of rotatable bonds is 5. The van der Waals surface area contributed by atoms with Gasteiger partial charge in [-0.3, -0.25) is 4.79 Å². The van der Waals surface area contributed by atoms with Crippen molar-refractivity contribution < 1.29 is 23.9 Å². The van der Waals surface area contributed by atoms with Gasteiger partial charge in [-0.05, 0) is 56.3 Å². The summed E-state index contributed by atoms with van der Waals surface area (Å²) in [6, 6.07) is -0.199. The second-order valence-corrected chi connectivity index (χ2v) is 8.26. The Balaban J connectivity index is 1.19. The van der Waals surface area contributed by atoms with Gasteiger partial charge in [0.05, 0.1) is 13.0 Å². The number of amides is 2. The predicted octanol–water partition coefficient (Wildman–Crippen LogP) is 1.50. The molecule has 25 heavy (non-hydrogen) atoms. The molecule has 4 saturated carbocycles. The van der Waals surface area contributed by atoms with Crippen molar-refractivity contribution in [2.75, 3.05) is 13.2 Å². The lowest BCUT2D eigenvalue weighted by molar-refractivity contribution is -0.160. The number of carbonyl (C=O) groups excluding carboxylic acids is 3. The minimum Gasteiger partial charge on any atom is -0.463 e. The summed E-state index contributed by atoms with van der Waals surface area (Å²) in [7, 11) is 0. The predicted molar refractivity (Wildman–Crippen MR) is 87.5 cm³/mol. The molecule has 1 saturated heterocycles. The van der Waals surface area contributed by atoms with Gasteiger partial charge < -0.3 is 20.1 Å². The molecule has 7 nitrogen and oxygen atoms in total. The molecule has 1 aliphatic heterocycles. The van der Waals surface area contributed by atoms with Crippen molar-refractivity contribution >= 4 is 18.0 Å². The third-order valence-electron chi connectivity index (χ3n) is 6.19. The lowest BCUT2D eigenvalue weighted by Gasteiger charge is -2.56. The highest BCUT2D eigenvalue weighted by molar-refractivity contribution is 5.81. The first-order valence-electron chi connectivity index (χ1n) is 9.43. The Morgan fingerprint density at radius 3 is 2.32 bits per heavy atom. The molecule has 0 aromatic heterocycles. The van der Waals surface area contributed by atoms with E-state index in [-0.39, 0.29) is 24.5 Å². The number of hydrogen-bond donors (Lipinski definition) is 2. The summed E-state index contributed by atoms with van der Waals surface area (Å²) in [5.41, 5.74) is -0.0348. The molecule has 1 heterocycles. The minimum atomic E-state index is -0.784. The van der Waals surface area contributed by atoms with Crippen LogP contribution in [0.25, 0.3) is 0 Å². The third-order valence-corrected chi connectivity index (χ3v) is 6.19. The Hall–Kier alpha value is -1.79. The van der Waals surface area contributed by atoms with E-state index in [2.05, 4.69) is 10.6 Å². The third kappa shape index (κ3) is 3.60. The van der Waals surface area contributed by atoms with Gasteiger partial charge in [-0.15, -0.1) is 0 Å². The fourth-order valence-electron chi connectivity index (χ4n) is 5.63. The summed E-state index contributed by atoms with van der Waals surface area (Å²) in [5, 5.41) is 5.96. The zero-order chi connectivity index (χ0) is 17.4. The second-order valence-electron chi connectivity index (χ2n) is 8.26. The first-order chi connectivity index (χ1) is 12.0. The summed E-state index contributed by atoms with van der Waals surface area (Å²) in [6.45, 7) is 0.501. The summed E-state index contributed by atoms with van der Waals surface area (Å²) >= 11 is 0. The van der Waals surface area contributed by atoms with E-state index in [1.807, 2.05) is 0 Å². The summed E-state index contributed by atoms with van der Waals surface area (Å²) < 4.78 is 9.80. The van der Waals surface area contributed by atoms with Gasteiger partial charge in [0.1, 0.15) is 0 Å². The fourth-order valence-corrected chi connectivity index (χ4v) is 5.63. The van der Waals surface area contributed by atoms with Crippen molar-refractivity contribution in [2.45, 2.75) is 63.0 Å². The van der Waals surface area contributed by atoms with Crippen LogP contribution in [0.3, 0.4) is 0 Å². The topological polar surface area (TPSA) is 93.7 Å². The van der Waals surface area contributed by atoms with Gasteiger partial charge in [-0.25, -0.2) is 9.59 Å². The van der Waals surface area contributed by atoms with Crippen LogP contribution in [-0.4, -0.2) is 42.8 Å². The molecule has 7 heteroatoms. The molecule has 0 spiro atoms. The number of ether oxygens (including phenoxy) is 2. The molecule has 0 aromatic rings. The Kier molecular flexibility index (Phi) is 4.33. The summed E-state index contributed by atoms with van der Waals surface area (Å²) in [6.07, 6.45) is 6.96. The van der Waals surface area contributed by atoms with Crippen LogP contribution in [0.2, 0.25) is 0 Å². The van der Waals surface area contributed by atoms with E-state index in [9.17, 15) is 14.4 Å². The monoisotopic (exact) mass is 350 g/mol. The zero-order valence-corrected chi connectivity index (χ0v) is 14.4. The maximum Gasteiger partial charge on any atom is 0.347 e. The Bertz CT molecular complexity index is 541. The van der Waals surface area contributed by atoms with Crippen LogP contribution in [0.15, 0.2) is 0 Å². The highest BCUT2D eigenvalue weighted by Crippen LogP contribution is 2.55. The van der Waals surface area contributed by atoms with Crippen molar-refractivity contribution in [3.8, 4) is 0 Å². The van der Waals surface area contributed by atoms with Crippen molar-refractivity contribution in [3.05, 3.63) is 0 Å². The molecule has 2 amide bonds. The number of nitrogens with one attached hydrogen (secondary N) is 2. The van der Waals surface area contributed by atoms with E-state index in [0.717, 1.165) is 37.0 Å². The molecule has 5 aliphatic rings. The minimum absolute atomic E-state index is 0.0348. The van der Waals surface area contributed by atoms with Crippen molar-refractivity contribution in [1.82, 2.24) is 10.6 Å². The smallest absolute Gasteiger partial charge is 0.347 e. The van der Waals surface area contributed by atoms with Gasteiger partial charge in [0.15, 0.2) is 0 Å². The lowest BCUT2D eigenvalue weighted by Crippen LogP contribution is -2.61. The molecular weight excluding hydrogens is 324 g/mol. The van der Waals surface area contributed by atoms with E-state index in [4.69, 9.17) is 9.47 Å². The maximum absolute atomic E-state index is 12.3. The van der Waals surface area contributed by atoms with Gasteiger partial charge >= 0.3 is 18.0 Å². The van der Waals surface area contributed by atoms with E-state index in [1.54, 1.807) is 0 Å². The van der Waals surface area contributed by atoms with Crippen molar-refractivity contribution in [2.24, 2.45) is 17.8 Å². The molecule has 2 N–H and O–H groups in total. The Morgan fingerprint density at radius 1 is 1.12 bits per heavy atom. The number of urea groups is 1. The molecule has 4 aliphatic carbocycles. The van der Waals surface area contributed by atoms with Crippen LogP contribution < -0.4 is 10.6 Å². The first-order valence-corrected chi connectivity index (χ1v) is 9.43. The molecule has 5 rings (SSSR count). The van der Waals surface area contributed by atoms with Gasteiger partial charge in [0.25, 0.3) is 0 Å². The molecule has 1 atom stereocenters. The molecule has 1 unspecified atom stereocenters. The zero-order valence-electron chi connectivity index (χ0n) is 14.4. The SMILES string of the molecule is O=C(NCCC(=O)OC1CCOC1=O)NC12CC3CC(CC(C3)C1)C2. The number of hydrogen-bond acceptors (Lipinski definition) is 5. The second kappa shape index (κ2) is 6.50. The van der Waals surface area contributed by atoms with Crippen LogP contribution in [-0.2, 0) is 19.1 Å². The van der Waals surface area contributed by atoms with Crippen LogP contribution in [0, 0.1) is 17.8 Å². The lowest BCUT2D eigenvalue weighted by atomic mass is 9.53. The summed E-state index contributed by atoms with van der Waals surface area (Å²) in [4.78, 5) is 35.3.